The fourth-order valence-electron chi connectivity index (χ4n) is 2.38. The van der Waals surface area contributed by atoms with E-state index in [1.54, 1.807) is 6.92 Å². The second-order valence-electron chi connectivity index (χ2n) is 6.06. The lowest BCUT2D eigenvalue weighted by Gasteiger charge is -2.13. The molecule has 0 spiro atoms. The van der Waals surface area contributed by atoms with Crippen LogP contribution >= 0.6 is 23.2 Å². The van der Waals surface area contributed by atoms with Crippen molar-refractivity contribution in [2.75, 3.05) is 10.6 Å². The Balaban J connectivity index is 1.67. The van der Waals surface area contributed by atoms with Crippen molar-refractivity contribution in [1.29, 1.82) is 0 Å². The lowest BCUT2D eigenvalue weighted by Crippen LogP contribution is -2.24. The Kier molecular flexibility index (Phi) is 6.14. The van der Waals surface area contributed by atoms with Crippen molar-refractivity contribution >= 4 is 46.4 Å². The molecular weight excluding hydrogens is 425 g/mol. The molecule has 0 bridgehead atoms. The van der Waals surface area contributed by atoms with E-state index in [4.69, 9.17) is 23.2 Å². The van der Waals surface area contributed by atoms with E-state index in [1.165, 1.54) is 41.2 Å². The van der Waals surface area contributed by atoms with Gasteiger partial charge in [-0.3, -0.25) is 14.3 Å². The third-order valence-electron chi connectivity index (χ3n) is 3.98. The molecule has 10 heteroatoms. The standard InChI is InChI=1S/C19H14Cl2F2N4O2/c1-10(18(28)24-11-2-4-15(22)13(20)8-11)27-7-6-17(26-27)19(29)25-12-3-5-16(23)14(21)9-12/h2-10H,1H3,(H,24,28)(H,25,29)/t10-/m1/s1. The van der Waals surface area contributed by atoms with E-state index < -0.39 is 29.5 Å². The minimum absolute atomic E-state index is 0.0509. The van der Waals surface area contributed by atoms with Crippen molar-refractivity contribution < 1.29 is 18.4 Å². The highest BCUT2D eigenvalue weighted by Crippen LogP contribution is 2.21. The number of carbonyl (C=O) groups excluding carboxylic acids is 2. The number of hydrogen-bond acceptors (Lipinski definition) is 3. The van der Waals surface area contributed by atoms with Crippen LogP contribution in [0.3, 0.4) is 0 Å². The molecule has 150 valence electrons. The smallest absolute Gasteiger partial charge is 0.276 e. The Hall–Kier alpha value is -2.97. The summed E-state index contributed by atoms with van der Waals surface area (Å²) in [5.74, 6) is -2.18. The first-order chi connectivity index (χ1) is 13.7. The number of nitrogens with one attached hydrogen (secondary N) is 2. The number of carbonyl (C=O) groups is 2. The first-order valence-electron chi connectivity index (χ1n) is 8.32. The second kappa shape index (κ2) is 8.59. The quantitative estimate of drug-likeness (QED) is 0.593. The molecule has 0 radical (unpaired) electrons. The van der Waals surface area contributed by atoms with Gasteiger partial charge < -0.3 is 10.6 Å². The van der Waals surface area contributed by atoms with Crippen LogP contribution in [0.1, 0.15) is 23.5 Å². The largest absolute Gasteiger partial charge is 0.324 e. The average Bonchev–Trinajstić information content (AvgIpc) is 3.17. The van der Waals surface area contributed by atoms with Gasteiger partial charge in [0, 0.05) is 17.6 Å². The first-order valence-corrected chi connectivity index (χ1v) is 9.07. The van der Waals surface area contributed by atoms with Gasteiger partial charge in [-0.15, -0.1) is 0 Å². The molecule has 3 aromatic rings. The average molecular weight is 439 g/mol. The van der Waals surface area contributed by atoms with E-state index in [2.05, 4.69) is 15.7 Å². The number of nitrogens with zero attached hydrogens (tertiary/aromatic N) is 2. The summed E-state index contributed by atoms with van der Waals surface area (Å²) >= 11 is 11.4. The fraction of sp³-hybridized carbons (Fsp3) is 0.105. The zero-order valence-corrected chi connectivity index (χ0v) is 16.4. The second-order valence-corrected chi connectivity index (χ2v) is 6.87. The first kappa shape index (κ1) is 20.8. The number of hydrogen-bond donors (Lipinski definition) is 2. The zero-order chi connectivity index (χ0) is 21.1. The molecular formula is C19H14Cl2F2N4O2. The molecule has 0 aliphatic rings. The molecule has 1 atom stereocenters. The molecule has 3 rings (SSSR count). The fourth-order valence-corrected chi connectivity index (χ4v) is 2.75. The predicted molar refractivity (Wildman–Crippen MR) is 106 cm³/mol. The van der Waals surface area contributed by atoms with Gasteiger partial charge in [0.2, 0.25) is 5.91 Å². The van der Waals surface area contributed by atoms with Crippen LogP contribution in [-0.2, 0) is 4.79 Å². The van der Waals surface area contributed by atoms with Crippen LogP contribution in [-0.4, -0.2) is 21.6 Å². The molecule has 29 heavy (non-hydrogen) atoms. The number of aromatic nitrogens is 2. The lowest BCUT2D eigenvalue weighted by atomic mass is 10.2. The number of anilines is 2. The van der Waals surface area contributed by atoms with Crippen molar-refractivity contribution in [2.45, 2.75) is 13.0 Å². The molecule has 0 aliphatic carbocycles. The van der Waals surface area contributed by atoms with Crippen molar-refractivity contribution in [3.63, 3.8) is 0 Å². The van der Waals surface area contributed by atoms with Crippen LogP contribution in [0.15, 0.2) is 48.7 Å². The van der Waals surface area contributed by atoms with E-state index in [-0.39, 0.29) is 15.7 Å². The highest BCUT2D eigenvalue weighted by atomic mass is 35.5. The summed E-state index contributed by atoms with van der Waals surface area (Å²) in [5, 5.41) is 8.99. The van der Waals surface area contributed by atoms with Gasteiger partial charge >= 0.3 is 0 Å². The van der Waals surface area contributed by atoms with Gasteiger partial charge in [0.25, 0.3) is 5.91 Å². The van der Waals surface area contributed by atoms with E-state index >= 15 is 0 Å². The molecule has 2 aromatic carbocycles. The highest BCUT2D eigenvalue weighted by Gasteiger charge is 2.19. The maximum Gasteiger partial charge on any atom is 0.276 e. The highest BCUT2D eigenvalue weighted by molar-refractivity contribution is 6.31. The van der Waals surface area contributed by atoms with Crippen LogP contribution in [0, 0.1) is 11.6 Å². The maximum absolute atomic E-state index is 13.2. The van der Waals surface area contributed by atoms with Crippen molar-refractivity contribution in [3.8, 4) is 0 Å². The minimum atomic E-state index is -0.763. The molecule has 0 saturated heterocycles. The molecule has 2 N–H and O–H groups in total. The molecule has 0 fully saturated rings. The third kappa shape index (κ3) is 4.90. The van der Waals surface area contributed by atoms with E-state index in [1.807, 2.05) is 0 Å². The minimum Gasteiger partial charge on any atom is -0.324 e. The Morgan fingerprint density at radius 2 is 1.52 bits per heavy atom. The Bertz CT molecular complexity index is 1090. The zero-order valence-electron chi connectivity index (χ0n) is 14.9. The Labute approximate surface area is 174 Å². The van der Waals surface area contributed by atoms with Crippen molar-refractivity contribution in [1.82, 2.24) is 9.78 Å². The lowest BCUT2D eigenvalue weighted by molar-refractivity contribution is -0.119. The topological polar surface area (TPSA) is 76.0 Å². The molecule has 6 nitrogen and oxygen atoms in total. The van der Waals surface area contributed by atoms with Crippen LogP contribution < -0.4 is 10.6 Å². The number of amides is 2. The summed E-state index contributed by atoms with van der Waals surface area (Å²) in [6.45, 7) is 1.58. The van der Waals surface area contributed by atoms with Crippen LogP contribution in [0.2, 0.25) is 10.0 Å². The van der Waals surface area contributed by atoms with Gasteiger partial charge in [-0.25, -0.2) is 8.78 Å². The molecule has 1 heterocycles. The van der Waals surface area contributed by atoms with Crippen molar-refractivity contribution in [3.05, 3.63) is 76.0 Å². The van der Waals surface area contributed by atoms with Crippen molar-refractivity contribution in [2.24, 2.45) is 0 Å². The summed E-state index contributed by atoms with van der Waals surface area (Å²) in [4.78, 5) is 24.7. The molecule has 1 aromatic heterocycles. The van der Waals surface area contributed by atoms with Gasteiger partial charge in [-0.1, -0.05) is 23.2 Å². The SMILES string of the molecule is C[C@H](C(=O)Nc1ccc(F)c(Cl)c1)n1ccc(C(=O)Nc2ccc(F)c(Cl)c2)n1. The maximum atomic E-state index is 13.2. The summed E-state index contributed by atoms with van der Waals surface area (Å²) < 4.78 is 27.7. The van der Waals surface area contributed by atoms with Crippen LogP contribution in [0.25, 0.3) is 0 Å². The summed E-state index contributed by atoms with van der Waals surface area (Å²) in [6.07, 6.45) is 1.47. The molecule has 2 amide bonds. The summed E-state index contributed by atoms with van der Waals surface area (Å²) in [5.41, 5.74) is 0.677. The van der Waals surface area contributed by atoms with Gasteiger partial charge in [-0.2, -0.15) is 5.10 Å². The Morgan fingerprint density at radius 3 is 2.07 bits per heavy atom. The number of halogens is 4. The van der Waals surface area contributed by atoms with E-state index in [9.17, 15) is 18.4 Å². The third-order valence-corrected chi connectivity index (χ3v) is 4.56. The van der Waals surface area contributed by atoms with Gasteiger partial charge in [0.1, 0.15) is 17.7 Å². The van der Waals surface area contributed by atoms with Gasteiger partial charge in [-0.05, 0) is 49.4 Å². The van der Waals surface area contributed by atoms with E-state index in [0.717, 1.165) is 12.1 Å². The molecule has 0 saturated carbocycles. The van der Waals surface area contributed by atoms with Crippen LogP contribution in [0.5, 0.6) is 0 Å². The normalized spacial score (nSPS) is 11.8. The molecule has 0 unspecified atom stereocenters. The van der Waals surface area contributed by atoms with Crippen LogP contribution in [0.4, 0.5) is 20.2 Å². The Morgan fingerprint density at radius 1 is 0.966 bits per heavy atom. The number of rotatable bonds is 5. The van der Waals surface area contributed by atoms with Gasteiger partial charge in [0.15, 0.2) is 5.69 Å². The molecule has 0 aliphatic heterocycles. The number of benzene rings is 2. The monoisotopic (exact) mass is 438 g/mol. The van der Waals surface area contributed by atoms with E-state index in [0.29, 0.717) is 11.4 Å². The summed E-state index contributed by atoms with van der Waals surface area (Å²) in [6, 6.07) is 8.24. The predicted octanol–water partition coefficient (Wildman–Crippen LogP) is 4.92. The summed E-state index contributed by atoms with van der Waals surface area (Å²) in [7, 11) is 0. The van der Waals surface area contributed by atoms with Gasteiger partial charge in [0.05, 0.1) is 10.0 Å².